The Bertz CT molecular complexity index is 457. The van der Waals surface area contributed by atoms with Gasteiger partial charge in [0.2, 0.25) is 0 Å². The first-order valence-corrected chi connectivity index (χ1v) is 7.31. The SMILES string of the molecule is Cc1ccc(N2CCN(CCC(=O)O)CC2)c(Br)c1. The topological polar surface area (TPSA) is 43.8 Å². The molecule has 5 heteroatoms. The van der Waals surface area contributed by atoms with Crippen molar-refractivity contribution in [1.82, 2.24) is 4.90 Å². The van der Waals surface area contributed by atoms with Crippen LogP contribution in [-0.4, -0.2) is 48.7 Å². The number of carboxylic acid groups (broad SMARTS) is 1. The van der Waals surface area contributed by atoms with Gasteiger partial charge in [-0.1, -0.05) is 6.07 Å². The van der Waals surface area contributed by atoms with Crippen molar-refractivity contribution >= 4 is 27.6 Å². The molecule has 1 heterocycles. The van der Waals surface area contributed by atoms with Crippen molar-refractivity contribution in [2.24, 2.45) is 0 Å². The molecule has 2 rings (SSSR count). The molecular weight excluding hydrogens is 308 g/mol. The summed E-state index contributed by atoms with van der Waals surface area (Å²) >= 11 is 3.61. The van der Waals surface area contributed by atoms with E-state index >= 15 is 0 Å². The molecule has 1 aromatic rings. The van der Waals surface area contributed by atoms with Gasteiger partial charge >= 0.3 is 5.97 Å². The highest BCUT2D eigenvalue weighted by molar-refractivity contribution is 9.10. The number of hydrogen-bond donors (Lipinski definition) is 1. The molecule has 0 saturated carbocycles. The number of nitrogens with zero attached hydrogens (tertiary/aromatic N) is 2. The van der Waals surface area contributed by atoms with Gasteiger partial charge in [-0.05, 0) is 40.5 Å². The Morgan fingerprint density at radius 3 is 2.58 bits per heavy atom. The van der Waals surface area contributed by atoms with Crippen LogP contribution >= 0.6 is 15.9 Å². The van der Waals surface area contributed by atoms with Gasteiger partial charge in [0.25, 0.3) is 0 Å². The number of hydrogen-bond acceptors (Lipinski definition) is 3. The zero-order valence-corrected chi connectivity index (χ0v) is 12.7. The summed E-state index contributed by atoms with van der Waals surface area (Å²) in [5, 5.41) is 8.69. The van der Waals surface area contributed by atoms with Gasteiger partial charge in [-0.15, -0.1) is 0 Å². The van der Waals surface area contributed by atoms with Gasteiger partial charge in [0.1, 0.15) is 0 Å². The van der Waals surface area contributed by atoms with Crippen LogP contribution in [0.25, 0.3) is 0 Å². The van der Waals surface area contributed by atoms with E-state index in [4.69, 9.17) is 5.11 Å². The lowest BCUT2D eigenvalue weighted by molar-refractivity contribution is -0.137. The summed E-state index contributed by atoms with van der Waals surface area (Å²) in [5.74, 6) is -0.719. The van der Waals surface area contributed by atoms with Crippen molar-refractivity contribution in [1.29, 1.82) is 0 Å². The van der Waals surface area contributed by atoms with Gasteiger partial charge in [0.15, 0.2) is 0 Å². The van der Waals surface area contributed by atoms with E-state index in [1.165, 1.54) is 11.3 Å². The highest BCUT2D eigenvalue weighted by Crippen LogP contribution is 2.28. The fourth-order valence-corrected chi connectivity index (χ4v) is 3.08. The lowest BCUT2D eigenvalue weighted by Gasteiger charge is -2.36. The minimum absolute atomic E-state index is 0.230. The number of benzene rings is 1. The van der Waals surface area contributed by atoms with Crippen molar-refractivity contribution < 1.29 is 9.90 Å². The van der Waals surface area contributed by atoms with Gasteiger partial charge < -0.3 is 10.0 Å². The molecule has 1 aromatic carbocycles. The Kier molecular flexibility index (Phi) is 4.82. The average molecular weight is 327 g/mol. The third-order valence-electron chi connectivity index (χ3n) is 3.46. The summed E-state index contributed by atoms with van der Waals surface area (Å²) in [6.45, 7) is 6.47. The van der Waals surface area contributed by atoms with E-state index in [1.54, 1.807) is 0 Å². The molecule has 4 nitrogen and oxygen atoms in total. The number of rotatable bonds is 4. The van der Waals surface area contributed by atoms with E-state index < -0.39 is 5.97 Å². The molecule has 1 N–H and O–H groups in total. The first kappa shape index (κ1) is 14.3. The van der Waals surface area contributed by atoms with E-state index in [0.29, 0.717) is 6.54 Å². The summed E-state index contributed by atoms with van der Waals surface area (Å²) in [6, 6.07) is 6.40. The van der Waals surface area contributed by atoms with Gasteiger partial charge in [-0.3, -0.25) is 9.69 Å². The number of piperazine rings is 1. The highest BCUT2D eigenvalue weighted by atomic mass is 79.9. The van der Waals surface area contributed by atoms with Crippen molar-refractivity contribution in [3.63, 3.8) is 0 Å². The van der Waals surface area contributed by atoms with E-state index in [9.17, 15) is 4.79 Å². The largest absolute Gasteiger partial charge is 0.481 e. The fourth-order valence-electron chi connectivity index (χ4n) is 2.33. The number of aryl methyl sites for hydroxylation is 1. The molecule has 1 fully saturated rings. The monoisotopic (exact) mass is 326 g/mol. The molecule has 0 amide bonds. The highest BCUT2D eigenvalue weighted by Gasteiger charge is 2.18. The molecule has 0 aliphatic carbocycles. The molecule has 1 aliphatic rings. The average Bonchev–Trinajstić information content (AvgIpc) is 2.37. The summed E-state index contributed by atoms with van der Waals surface area (Å²) in [7, 11) is 0. The van der Waals surface area contributed by atoms with Crippen LogP contribution in [0.1, 0.15) is 12.0 Å². The van der Waals surface area contributed by atoms with E-state index in [0.717, 1.165) is 30.7 Å². The number of halogens is 1. The molecule has 1 saturated heterocycles. The molecule has 0 aromatic heterocycles. The quantitative estimate of drug-likeness (QED) is 0.922. The Balaban J connectivity index is 1.90. The maximum absolute atomic E-state index is 10.6. The second kappa shape index (κ2) is 6.39. The van der Waals surface area contributed by atoms with Crippen LogP contribution < -0.4 is 4.90 Å². The van der Waals surface area contributed by atoms with Crippen molar-refractivity contribution in [3.05, 3.63) is 28.2 Å². The molecule has 0 atom stereocenters. The van der Waals surface area contributed by atoms with Crippen LogP contribution in [0.2, 0.25) is 0 Å². The standard InChI is InChI=1S/C14H19BrN2O2/c1-11-2-3-13(12(15)10-11)17-8-6-16(7-9-17)5-4-14(18)19/h2-3,10H,4-9H2,1H3,(H,18,19). The Morgan fingerprint density at radius 2 is 2.00 bits per heavy atom. The molecule has 0 spiro atoms. The summed E-state index contributed by atoms with van der Waals surface area (Å²) in [4.78, 5) is 15.1. The molecule has 0 bridgehead atoms. The fraction of sp³-hybridized carbons (Fsp3) is 0.500. The minimum Gasteiger partial charge on any atom is -0.481 e. The zero-order chi connectivity index (χ0) is 13.8. The second-order valence-electron chi connectivity index (χ2n) is 4.93. The third-order valence-corrected chi connectivity index (χ3v) is 4.09. The van der Waals surface area contributed by atoms with Crippen LogP contribution in [0.3, 0.4) is 0 Å². The second-order valence-corrected chi connectivity index (χ2v) is 5.78. The molecule has 0 unspecified atom stereocenters. The van der Waals surface area contributed by atoms with Crippen LogP contribution in [0.15, 0.2) is 22.7 Å². The maximum Gasteiger partial charge on any atom is 0.304 e. The number of anilines is 1. The predicted octanol–water partition coefficient (Wildman–Crippen LogP) is 2.35. The first-order chi connectivity index (χ1) is 9.06. The van der Waals surface area contributed by atoms with Crippen LogP contribution in [-0.2, 0) is 4.79 Å². The Hall–Kier alpha value is -1.07. The van der Waals surface area contributed by atoms with Crippen molar-refractivity contribution in [3.8, 4) is 0 Å². The van der Waals surface area contributed by atoms with E-state index in [2.05, 4.69) is 50.9 Å². The molecule has 1 aliphatic heterocycles. The van der Waals surface area contributed by atoms with Crippen LogP contribution in [0.5, 0.6) is 0 Å². The molecular formula is C14H19BrN2O2. The van der Waals surface area contributed by atoms with Crippen molar-refractivity contribution in [2.45, 2.75) is 13.3 Å². The molecule has 19 heavy (non-hydrogen) atoms. The first-order valence-electron chi connectivity index (χ1n) is 6.51. The zero-order valence-electron chi connectivity index (χ0n) is 11.1. The van der Waals surface area contributed by atoms with Crippen LogP contribution in [0, 0.1) is 6.92 Å². The van der Waals surface area contributed by atoms with Gasteiger partial charge in [0, 0.05) is 37.2 Å². The van der Waals surface area contributed by atoms with Gasteiger partial charge in [-0.2, -0.15) is 0 Å². The summed E-state index contributed by atoms with van der Waals surface area (Å²) in [6.07, 6.45) is 0.230. The number of carbonyl (C=O) groups is 1. The lowest BCUT2D eigenvalue weighted by Crippen LogP contribution is -2.47. The van der Waals surface area contributed by atoms with E-state index in [1.807, 2.05) is 0 Å². The number of aliphatic carboxylic acids is 1. The summed E-state index contributed by atoms with van der Waals surface area (Å²) in [5.41, 5.74) is 2.47. The molecule has 104 valence electrons. The Morgan fingerprint density at radius 1 is 1.32 bits per heavy atom. The van der Waals surface area contributed by atoms with Gasteiger partial charge in [0.05, 0.1) is 12.1 Å². The summed E-state index contributed by atoms with van der Waals surface area (Å²) < 4.78 is 1.13. The van der Waals surface area contributed by atoms with Crippen LogP contribution in [0.4, 0.5) is 5.69 Å². The predicted molar refractivity (Wildman–Crippen MR) is 79.8 cm³/mol. The molecule has 0 radical (unpaired) electrons. The third kappa shape index (κ3) is 3.94. The smallest absolute Gasteiger partial charge is 0.304 e. The maximum atomic E-state index is 10.6. The van der Waals surface area contributed by atoms with E-state index in [-0.39, 0.29) is 6.42 Å². The number of carboxylic acids is 1. The lowest BCUT2D eigenvalue weighted by atomic mass is 10.2. The Labute approximate surface area is 122 Å². The normalized spacial score (nSPS) is 16.6. The van der Waals surface area contributed by atoms with Gasteiger partial charge in [-0.25, -0.2) is 0 Å². The van der Waals surface area contributed by atoms with Crippen molar-refractivity contribution in [2.75, 3.05) is 37.6 Å². The minimum atomic E-state index is -0.719.